The summed E-state index contributed by atoms with van der Waals surface area (Å²) in [6.07, 6.45) is 1.79. The van der Waals surface area contributed by atoms with Crippen LogP contribution in [0.4, 0.5) is 11.4 Å². The molecule has 4 rings (SSSR count). The summed E-state index contributed by atoms with van der Waals surface area (Å²) in [5.41, 5.74) is 3.41. The molecule has 3 aromatic rings. The summed E-state index contributed by atoms with van der Waals surface area (Å²) in [6, 6.07) is 22.1. The van der Waals surface area contributed by atoms with E-state index in [-0.39, 0.29) is 18.4 Å². The van der Waals surface area contributed by atoms with Gasteiger partial charge >= 0.3 is 0 Å². The third kappa shape index (κ3) is 6.97. The van der Waals surface area contributed by atoms with Crippen LogP contribution in [0.2, 0.25) is 0 Å². The first-order valence-corrected chi connectivity index (χ1v) is 11.9. The second-order valence-corrected chi connectivity index (χ2v) is 8.71. The third-order valence-electron chi connectivity index (χ3n) is 4.91. The summed E-state index contributed by atoms with van der Waals surface area (Å²) >= 11 is 1.28. The van der Waals surface area contributed by atoms with Crippen molar-refractivity contribution in [2.75, 3.05) is 18.5 Å². The molecule has 0 atom stereocenters. The van der Waals surface area contributed by atoms with E-state index in [2.05, 4.69) is 15.6 Å². The molecule has 7 nitrogen and oxygen atoms in total. The highest BCUT2D eigenvalue weighted by Gasteiger charge is 2.23. The van der Waals surface area contributed by atoms with E-state index in [9.17, 15) is 9.59 Å². The topological polar surface area (TPSA) is 89.0 Å². The summed E-state index contributed by atoms with van der Waals surface area (Å²) in [4.78, 5) is 29.5. The van der Waals surface area contributed by atoms with Gasteiger partial charge in [-0.25, -0.2) is 4.99 Å². The number of aliphatic imine (C=N–C) groups is 1. The lowest BCUT2D eigenvalue weighted by atomic mass is 10.2. The van der Waals surface area contributed by atoms with Gasteiger partial charge in [-0.2, -0.15) is 0 Å². The molecule has 1 aliphatic heterocycles. The summed E-state index contributed by atoms with van der Waals surface area (Å²) in [5.74, 6) is 0.901. The molecule has 2 N–H and O–H groups in total. The molecule has 1 saturated heterocycles. The van der Waals surface area contributed by atoms with Crippen molar-refractivity contribution in [2.24, 2.45) is 4.99 Å². The molecule has 178 valence electrons. The molecule has 1 fully saturated rings. The van der Waals surface area contributed by atoms with Gasteiger partial charge in [-0.3, -0.25) is 9.59 Å². The zero-order valence-corrected chi connectivity index (χ0v) is 20.2. The second kappa shape index (κ2) is 11.4. The van der Waals surface area contributed by atoms with Crippen LogP contribution in [0.5, 0.6) is 11.5 Å². The van der Waals surface area contributed by atoms with Crippen LogP contribution >= 0.6 is 11.8 Å². The number of thioether (sulfide) groups is 1. The molecule has 1 aliphatic rings. The molecular formula is C27H25N3O4S. The van der Waals surface area contributed by atoms with Gasteiger partial charge < -0.3 is 20.1 Å². The van der Waals surface area contributed by atoms with Crippen LogP contribution in [-0.4, -0.2) is 30.2 Å². The van der Waals surface area contributed by atoms with Gasteiger partial charge in [-0.05, 0) is 85.8 Å². The first-order valence-electron chi connectivity index (χ1n) is 11.1. The Morgan fingerprint density at radius 3 is 2.31 bits per heavy atom. The highest BCUT2D eigenvalue weighted by Crippen LogP contribution is 2.29. The van der Waals surface area contributed by atoms with Crippen molar-refractivity contribution in [1.29, 1.82) is 0 Å². The van der Waals surface area contributed by atoms with Crippen molar-refractivity contribution in [3.05, 3.63) is 88.8 Å². The number of hydrogen-bond donors (Lipinski definition) is 2. The maximum Gasteiger partial charge on any atom is 0.264 e. The minimum absolute atomic E-state index is 0.0993. The molecule has 0 aromatic heterocycles. The zero-order chi connectivity index (χ0) is 24.6. The monoisotopic (exact) mass is 487 g/mol. The second-order valence-electron chi connectivity index (χ2n) is 7.68. The van der Waals surface area contributed by atoms with Crippen LogP contribution in [0.15, 0.2) is 82.7 Å². The molecule has 0 bridgehead atoms. The number of benzene rings is 3. The normalized spacial score (nSPS) is 15.2. The van der Waals surface area contributed by atoms with Crippen molar-refractivity contribution in [1.82, 2.24) is 5.32 Å². The minimum atomic E-state index is -0.238. The van der Waals surface area contributed by atoms with E-state index >= 15 is 0 Å². The maximum absolute atomic E-state index is 12.4. The molecule has 2 amide bonds. The smallest absolute Gasteiger partial charge is 0.264 e. The van der Waals surface area contributed by atoms with Gasteiger partial charge in [-0.15, -0.1) is 0 Å². The Morgan fingerprint density at radius 2 is 1.63 bits per heavy atom. The predicted molar refractivity (Wildman–Crippen MR) is 140 cm³/mol. The van der Waals surface area contributed by atoms with Gasteiger partial charge in [0.25, 0.3) is 11.8 Å². The quantitative estimate of drug-likeness (QED) is 0.421. The highest BCUT2D eigenvalue weighted by atomic mass is 32.2. The summed E-state index contributed by atoms with van der Waals surface area (Å²) < 4.78 is 11.0. The number of rotatable bonds is 8. The summed E-state index contributed by atoms with van der Waals surface area (Å²) in [7, 11) is 0. The Labute approximate surface area is 208 Å². The van der Waals surface area contributed by atoms with Crippen molar-refractivity contribution in [3.8, 4) is 11.5 Å². The first kappa shape index (κ1) is 24.1. The van der Waals surface area contributed by atoms with Crippen molar-refractivity contribution in [2.45, 2.75) is 13.8 Å². The maximum atomic E-state index is 12.4. The van der Waals surface area contributed by atoms with Crippen LogP contribution in [-0.2, 0) is 9.59 Å². The number of ether oxygens (including phenoxy) is 2. The van der Waals surface area contributed by atoms with Gasteiger partial charge in [0, 0.05) is 5.69 Å². The van der Waals surface area contributed by atoms with Crippen molar-refractivity contribution < 1.29 is 19.1 Å². The molecule has 0 radical (unpaired) electrons. The van der Waals surface area contributed by atoms with Crippen molar-refractivity contribution >= 4 is 46.2 Å². The average Bonchev–Trinajstić information content (AvgIpc) is 3.20. The first-order chi connectivity index (χ1) is 17.0. The molecule has 0 spiro atoms. The van der Waals surface area contributed by atoms with Gasteiger partial charge in [-0.1, -0.05) is 29.8 Å². The SMILES string of the molecule is CCOc1ccc(N=C2NC(=O)/C(=C\c3ccc(OCC(=O)Nc4ccc(C)cc4)cc3)S2)cc1. The lowest BCUT2D eigenvalue weighted by Crippen LogP contribution is -2.20. The van der Waals surface area contributed by atoms with Crippen LogP contribution < -0.4 is 20.1 Å². The third-order valence-corrected chi connectivity index (χ3v) is 5.82. The minimum Gasteiger partial charge on any atom is -0.494 e. The van der Waals surface area contributed by atoms with Crippen LogP contribution in [0.1, 0.15) is 18.1 Å². The van der Waals surface area contributed by atoms with E-state index in [1.165, 1.54) is 11.8 Å². The number of carbonyl (C=O) groups excluding carboxylic acids is 2. The van der Waals surface area contributed by atoms with Crippen molar-refractivity contribution in [3.63, 3.8) is 0 Å². The zero-order valence-electron chi connectivity index (χ0n) is 19.4. The Hall–Kier alpha value is -4.04. The molecule has 1 heterocycles. The molecule has 0 saturated carbocycles. The summed E-state index contributed by atoms with van der Waals surface area (Å²) in [5, 5.41) is 6.10. The number of amidine groups is 1. The molecule has 0 unspecified atom stereocenters. The molecule has 3 aromatic carbocycles. The van der Waals surface area contributed by atoms with Crippen LogP contribution in [0, 0.1) is 6.92 Å². The number of nitrogens with one attached hydrogen (secondary N) is 2. The van der Waals surface area contributed by atoms with Gasteiger partial charge in [0.05, 0.1) is 17.2 Å². The molecule has 35 heavy (non-hydrogen) atoms. The average molecular weight is 488 g/mol. The number of anilines is 1. The lowest BCUT2D eigenvalue weighted by molar-refractivity contribution is -0.118. The van der Waals surface area contributed by atoms with E-state index in [1.807, 2.05) is 74.5 Å². The Morgan fingerprint density at radius 1 is 0.971 bits per heavy atom. The summed E-state index contributed by atoms with van der Waals surface area (Å²) in [6.45, 7) is 4.42. The van der Waals surface area contributed by atoms with E-state index < -0.39 is 0 Å². The standard InChI is InChI=1S/C27H25N3O4S/c1-3-33-22-14-10-21(11-15-22)29-27-30-26(32)24(35-27)16-19-6-12-23(13-7-19)34-17-25(31)28-20-8-4-18(2)5-9-20/h4-16H,3,17H2,1-2H3,(H,28,31)(H,29,30,32)/b24-16+. The van der Waals surface area contributed by atoms with E-state index in [4.69, 9.17) is 9.47 Å². The number of hydrogen-bond acceptors (Lipinski definition) is 6. The Bertz CT molecular complexity index is 1250. The fourth-order valence-electron chi connectivity index (χ4n) is 3.18. The van der Waals surface area contributed by atoms with Gasteiger partial charge in [0.2, 0.25) is 0 Å². The fourth-order valence-corrected chi connectivity index (χ4v) is 4.02. The number of carbonyl (C=O) groups is 2. The fraction of sp³-hybridized carbons (Fsp3) is 0.148. The number of amides is 2. The van der Waals surface area contributed by atoms with E-state index in [1.54, 1.807) is 18.2 Å². The number of aryl methyl sites for hydroxylation is 1. The molecule has 0 aliphatic carbocycles. The Balaban J connectivity index is 1.32. The lowest BCUT2D eigenvalue weighted by Gasteiger charge is -2.08. The van der Waals surface area contributed by atoms with Crippen LogP contribution in [0.25, 0.3) is 6.08 Å². The number of nitrogens with zero attached hydrogens (tertiary/aromatic N) is 1. The van der Waals surface area contributed by atoms with E-state index in [0.29, 0.717) is 22.4 Å². The van der Waals surface area contributed by atoms with Crippen LogP contribution in [0.3, 0.4) is 0 Å². The highest BCUT2D eigenvalue weighted by molar-refractivity contribution is 8.18. The molecule has 8 heteroatoms. The largest absolute Gasteiger partial charge is 0.494 e. The van der Waals surface area contributed by atoms with E-state index in [0.717, 1.165) is 28.3 Å². The van der Waals surface area contributed by atoms with Gasteiger partial charge in [0.1, 0.15) is 11.5 Å². The predicted octanol–water partition coefficient (Wildman–Crippen LogP) is 5.30. The van der Waals surface area contributed by atoms with Gasteiger partial charge in [0.15, 0.2) is 11.8 Å². The molecular weight excluding hydrogens is 462 g/mol. The Kier molecular flexibility index (Phi) is 7.84.